The third kappa shape index (κ3) is 4.85. The van der Waals surface area contributed by atoms with E-state index in [1.165, 1.54) is 25.5 Å². The number of hydrogen-bond donors (Lipinski definition) is 2. The first-order valence-electron chi connectivity index (χ1n) is 11.5. The first-order chi connectivity index (χ1) is 17.8. The fourth-order valence-corrected chi connectivity index (χ4v) is 4.28. The highest BCUT2D eigenvalue weighted by molar-refractivity contribution is 5.91. The van der Waals surface area contributed by atoms with Crippen LogP contribution in [0.2, 0.25) is 0 Å². The van der Waals surface area contributed by atoms with Gasteiger partial charge in [0, 0.05) is 29.1 Å². The van der Waals surface area contributed by atoms with Crippen LogP contribution in [0.5, 0.6) is 5.75 Å². The Morgan fingerprint density at radius 1 is 1.03 bits per heavy atom. The molecular weight excluding hydrogens is 472 g/mol. The summed E-state index contributed by atoms with van der Waals surface area (Å²) in [5.74, 6) is -0.240. The van der Waals surface area contributed by atoms with Crippen molar-refractivity contribution in [2.75, 3.05) is 7.11 Å². The highest BCUT2D eigenvalue weighted by Gasteiger charge is 2.39. The predicted octanol–water partition coefficient (Wildman–Crippen LogP) is 4.40. The van der Waals surface area contributed by atoms with Crippen molar-refractivity contribution < 1.29 is 19.6 Å². The topological polar surface area (TPSA) is 119 Å². The van der Waals surface area contributed by atoms with Crippen molar-refractivity contribution in [2.45, 2.75) is 19.4 Å². The number of ether oxygens (including phenoxy) is 1. The number of nitro groups is 1. The number of amides is 1. The summed E-state index contributed by atoms with van der Waals surface area (Å²) in [6, 6.07) is 23.5. The van der Waals surface area contributed by atoms with Crippen molar-refractivity contribution in [3.05, 3.63) is 123 Å². The van der Waals surface area contributed by atoms with Gasteiger partial charge >= 0.3 is 0 Å². The van der Waals surface area contributed by atoms with Crippen molar-refractivity contribution in [1.29, 1.82) is 0 Å². The highest BCUT2D eigenvalue weighted by atomic mass is 16.6. The third-order valence-electron chi connectivity index (χ3n) is 6.17. The lowest BCUT2D eigenvalue weighted by Crippen LogP contribution is -2.43. The Morgan fingerprint density at radius 3 is 2.16 bits per heavy atom. The standard InChI is InChI=1S/C28H26N4O5/c1-19-16-21(20(2)31(19)25-17-24(32(35)36)14-15-26(25)37-3)18-29-30-27(33)28(34,22-10-6-4-7-11-22)23-12-8-5-9-13-23/h4-18,34H,1-3H3,(H,30,33)/b29-18+. The van der Waals surface area contributed by atoms with Crippen LogP contribution in [0.1, 0.15) is 28.1 Å². The van der Waals surface area contributed by atoms with Gasteiger partial charge in [0.1, 0.15) is 5.75 Å². The van der Waals surface area contributed by atoms with E-state index in [1.54, 1.807) is 66.7 Å². The number of nitrogens with zero attached hydrogens (tertiary/aromatic N) is 3. The number of methoxy groups -OCH3 is 1. The van der Waals surface area contributed by atoms with Crippen LogP contribution in [-0.2, 0) is 10.4 Å². The van der Waals surface area contributed by atoms with Crippen LogP contribution in [-0.4, -0.2) is 33.8 Å². The quantitative estimate of drug-likeness (QED) is 0.212. The number of carbonyl (C=O) groups excluding carboxylic acids is 1. The number of hydrazone groups is 1. The fraction of sp³-hybridized carbons (Fsp3) is 0.143. The van der Waals surface area contributed by atoms with Crippen molar-refractivity contribution >= 4 is 17.8 Å². The zero-order valence-corrected chi connectivity index (χ0v) is 20.6. The van der Waals surface area contributed by atoms with E-state index >= 15 is 0 Å². The van der Waals surface area contributed by atoms with Crippen LogP contribution in [0.3, 0.4) is 0 Å². The number of benzene rings is 3. The van der Waals surface area contributed by atoms with E-state index in [0.29, 0.717) is 28.1 Å². The number of hydrogen-bond acceptors (Lipinski definition) is 6. The van der Waals surface area contributed by atoms with E-state index in [4.69, 9.17) is 4.74 Å². The Labute approximate surface area is 213 Å². The third-order valence-corrected chi connectivity index (χ3v) is 6.17. The summed E-state index contributed by atoms with van der Waals surface area (Å²) in [6.45, 7) is 3.68. The molecule has 0 atom stereocenters. The number of carbonyl (C=O) groups is 1. The van der Waals surface area contributed by atoms with Crippen LogP contribution in [0.4, 0.5) is 5.69 Å². The van der Waals surface area contributed by atoms with Crippen LogP contribution < -0.4 is 10.2 Å². The largest absolute Gasteiger partial charge is 0.495 e. The molecular formula is C28H26N4O5. The monoisotopic (exact) mass is 498 g/mol. The molecule has 0 unspecified atom stereocenters. The maximum Gasteiger partial charge on any atom is 0.281 e. The zero-order valence-electron chi connectivity index (χ0n) is 20.6. The van der Waals surface area contributed by atoms with Crippen LogP contribution in [0.15, 0.2) is 90.0 Å². The Bertz CT molecular complexity index is 1420. The number of nitro benzene ring substituents is 1. The van der Waals surface area contributed by atoms with Gasteiger partial charge in [0.2, 0.25) is 0 Å². The minimum Gasteiger partial charge on any atom is -0.495 e. The minimum atomic E-state index is -1.95. The van der Waals surface area contributed by atoms with Crippen molar-refractivity contribution in [3.8, 4) is 11.4 Å². The second kappa shape index (κ2) is 10.5. The Balaban J connectivity index is 1.65. The van der Waals surface area contributed by atoms with Gasteiger partial charge in [0.05, 0.1) is 23.9 Å². The molecule has 4 rings (SSSR count). The SMILES string of the molecule is COc1ccc([N+](=O)[O-])cc1-n1c(C)cc(/C=N/NC(=O)C(O)(c2ccccc2)c2ccccc2)c1C. The molecule has 1 aromatic heterocycles. The summed E-state index contributed by atoms with van der Waals surface area (Å²) in [5, 5.41) is 27.0. The molecule has 0 saturated heterocycles. The second-order valence-corrected chi connectivity index (χ2v) is 8.42. The van der Waals surface area contributed by atoms with E-state index in [-0.39, 0.29) is 5.69 Å². The number of non-ortho nitro benzene ring substituents is 1. The first-order valence-corrected chi connectivity index (χ1v) is 11.5. The summed E-state index contributed by atoms with van der Waals surface area (Å²) in [5.41, 5.74) is 3.97. The van der Waals surface area contributed by atoms with E-state index in [0.717, 1.165) is 11.4 Å². The second-order valence-electron chi connectivity index (χ2n) is 8.42. The molecule has 0 aliphatic rings. The molecule has 4 aromatic rings. The average molecular weight is 499 g/mol. The molecule has 3 aromatic carbocycles. The van der Waals surface area contributed by atoms with Gasteiger partial charge in [-0.1, -0.05) is 60.7 Å². The lowest BCUT2D eigenvalue weighted by Gasteiger charge is -2.27. The Morgan fingerprint density at radius 2 is 1.62 bits per heavy atom. The summed E-state index contributed by atoms with van der Waals surface area (Å²) < 4.78 is 7.24. The fourth-order valence-electron chi connectivity index (χ4n) is 4.28. The summed E-state index contributed by atoms with van der Waals surface area (Å²) in [4.78, 5) is 24.1. The molecule has 0 fully saturated rings. The van der Waals surface area contributed by atoms with Gasteiger partial charge in [-0.3, -0.25) is 14.9 Å². The van der Waals surface area contributed by atoms with Gasteiger partial charge in [0.15, 0.2) is 5.60 Å². The number of nitrogens with one attached hydrogen (secondary N) is 1. The molecule has 1 amide bonds. The molecule has 0 radical (unpaired) electrons. The molecule has 0 saturated carbocycles. The van der Waals surface area contributed by atoms with Crippen molar-refractivity contribution in [1.82, 2.24) is 9.99 Å². The summed E-state index contributed by atoms with van der Waals surface area (Å²) in [6.07, 6.45) is 1.47. The van der Waals surface area contributed by atoms with Gasteiger partial charge in [-0.25, -0.2) is 5.43 Å². The summed E-state index contributed by atoms with van der Waals surface area (Å²) >= 11 is 0. The molecule has 37 heavy (non-hydrogen) atoms. The molecule has 9 nitrogen and oxygen atoms in total. The number of aromatic nitrogens is 1. The van der Waals surface area contributed by atoms with Gasteiger partial charge in [-0.15, -0.1) is 0 Å². The van der Waals surface area contributed by atoms with Gasteiger partial charge in [-0.2, -0.15) is 5.10 Å². The molecule has 9 heteroatoms. The predicted molar refractivity (Wildman–Crippen MR) is 140 cm³/mol. The van der Waals surface area contributed by atoms with Crippen molar-refractivity contribution in [2.24, 2.45) is 5.10 Å². The first kappa shape index (κ1) is 25.3. The van der Waals surface area contributed by atoms with E-state index in [9.17, 15) is 20.0 Å². The van der Waals surface area contributed by atoms with Crippen molar-refractivity contribution in [3.63, 3.8) is 0 Å². The summed E-state index contributed by atoms with van der Waals surface area (Å²) in [7, 11) is 1.50. The van der Waals surface area contributed by atoms with Crippen LogP contribution >= 0.6 is 0 Å². The molecule has 0 spiro atoms. The number of aryl methyl sites for hydroxylation is 1. The molecule has 1 heterocycles. The number of rotatable bonds is 8. The molecule has 0 aliphatic heterocycles. The van der Waals surface area contributed by atoms with Gasteiger partial charge < -0.3 is 14.4 Å². The average Bonchev–Trinajstić information content (AvgIpc) is 3.20. The van der Waals surface area contributed by atoms with Crippen LogP contribution in [0, 0.1) is 24.0 Å². The molecule has 0 bridgehead atoms. The van der Waals surface area contributed by atoms with E-state index in [2.05, 4.69) is 10.5 Å². The van der Waals surface area contributed by atoms with Gasteiger partial charge in [-0.05, 0) is 37.1 Å². The smallest absolute Gasteiger partial charge is 0.281 e. The highest BCUT2D eigenvalue weighted by Crippen LogP contribution is 2.32. The zero-order chi connectivity index (χ0) is 26.6. The van der Waals surface area contributed by atoms with Crippen LogP contribution in [0.25, 0.3) is 5.69 Å². The lowest BCUT2D eigenvalue weighted by atomic mass is 9.85. The Kier molecular flexibility index (Phi) is 7.17. The minimum absolute atomic E-state index is 0.0631. The molecule has 188 valence electrons. The Hall–Kier alpha value is -4.76. The molecule has 0 aliphatic carbocycles. The van der Waals surface area contributed by atoms with Gasteiger partial charge in [0.25, 0.3) is 11.6 Å². The maximum absolute atomic E-state index is 13.3. The number of aliphatic hydroxyl groups is 1. The van der Waals surface area contributed by atoms with E-state index in [1.807, 2.05) is 24.5 Å². The lowest BCUT2D eigenvalue weighted by molar-refractivity contribution is -0.384. The maximum atomic E-state index is 13.3. The normalized spacial score (nSPS) is 11.5. The molecule has 2 N–H and O–H groups in total. The van der Waals surface area contributed by atoms with E-state index < -0.39 is 16.4 Å².